The van der Waals surface area contributed by atoms with Crippen LogP contribution >= 0.6 is 0 Å². The maximum atomic E-state index is 12.6. The fourth-order valence-corrected chi connectivity index (χ4v) is 3.25. The molecule has 2 heterocycles. The minimum absolute atomic E-state index is 0.0401. The van der Waals surface area contributed by atoms with Crippen molar-refractivity contribution in [2.24, 2.45) is 0 Å². The maximum absolute atomic E-state index is 12.6. The van der Waals surface area contributed by atoms with Crippen molar-refractivity contribution in [3.05, 3.63) is 29.3 Å². The highest BCUT2D eigenvalue weighted by Crippen LogP contribution is 2.27. The molecule has 1 fully saturated rings. The zero-order valence-corrected chi connectivity index (χ0v) is 12.1. The molecule has 0 aromatic heterocycles. The number of nitrogens with zero attached hydrogens (tertiary/aromatic N) is 2. The number of nitrogen functional groups attached to an aromatic ring is 1. The highest BCUT2D eigenvalue weighted by atomic mass is 16.2. The van der Waals surface area contributed by atoms with E-state index in [9.17, 15) is 4.79 Å². The minimum atomic E-state index is -0.0401. The average Bonchev–Trinajstić information content (AvgIpc) is 2.89. The molecule has 0 spiro atoms. The first-order valence-corrected chi connectivity index (χ1v) is 7.55. The molecule has 20 heavy (non-hydrogen) atoms. The van der Waals surface area contributed by atoms with Crippen LogP contribution in [0, 0.1) is 0 Å². The Labute approximate surface area is 120 Å². The number of rotatable bonds is 2. The van der Waals surface area contributed by atoms with Crippen molar-refractivity contribution >= 4 is 11.6 Å². The molecule has 1 saturated heterocycles. The molecular formula is C16H23N3O. The van der Waals surface area contributed by atoms with Crippen LogP contribution in [-0.2, 0) is 17.9 Å². The fourth-order valence-electron chi connectivity index (χ4n) is 3.25. The Hall–Kier alpha value is -1.55. The minimum Gasteiger partial charge on any atom is -0.399 e. The number of fused-ring (bicyclic) bond motifs is 1. The summed E-state index contributed by atoms with van der Waals surface area (Å²) in [7, 11) is 0. The zero-order valence-electron chi connectivity index (χ0n) is 12.1. The molecular weight excluding hydrogens is 250 g/mol. The lowest BCUT2D eigenvalue weighted by atomic mass is 10.1. The third-order valence-electron chi connectivity index (χ3n) is 4.55. The van der Waals surface area contributed by atoms with Crippen LogP contribution in [0.2, 0.25) is 0 Å². The van der Waals surface area contributed by atoms with Crippen LogP contribution in [0.15, 0.2) is 18.2 Å². The monoisotopic (exact) mass is 273 g/mol. The maximum Gasteiger partial charge on any atom is 0.239 e. The Bertz CT molecular complexity index is 508. The molecule has 2 aliphatic heterocycles. The first kappa shape index (κ1) is 13.4. The van der Waals surface area contributed by atoms with Crippen LogP contribution in [-0.4, -0.2) is 34.8 Å². The number of carbonyl (C=O) groups excluding carboxylic acids is 1. The van der Waals surface area contributed by atoms with Gasteiger partial charge in [-0.05, 0) is 49.4 Å². The molecule has 0 saturated carbocycles. The van der Waals surface area contributed by atoms with E-state index < -0.39 is 0 Å². The Kier molecular flexibility index (Phi) is 3.66. The molecule has 0 radical (unpaired) electrons. The Morgan fingerprint density at radius 1 is 1.15 bits per heavy atom. The summed E-state index contributed by atoms with van der Waals surface area (Å²) in [6.45, 7) is 5.58. The van der Waals surface area contributed by atoms with Crippen LogP contribution in [0.1, 0.15) is 37.3 Å². The number of nitrogens with two attached hydrogens (primary N) is 1. The molecule has 1 unspecified atom stereocenters. The smallest absolute Gasteiger partial charge is 0.239 e. The predicted octanol–water partition coefficient (Wildman–Crippen LogP) is 1.99. The summed E-state index contributed by atoms with van der Waals surface area (Å²) in [5.41, 5.74) is 9.21. The average molecular weight is 273 g/mol. The van der Waals surface area contributed by atoms with Crippen LogP contribution < -0.4 is 5.73 Å². The number of amides is 1. The van der Waals surface area contributed by atoms with Gasteiger partial charge in [0.05, 0.1) is 6.04 Å². The van der Waals surface area contributed by atoms with Crippen molar-refractivity contribution in [1.82, 2.24) is 9.80 Å². The van der Waals surface area contributed by atoms with Gasteiger partial charge in [-0.2, -0.15) is 0 Å². The number of benzene rings is 1. The van der Waals surface area contributed by atoms with Crippen LogP contribution in [0.25, 0.3) is 0 Å². The van der Waals surface area contributed by atoms with Gasteiger partial charge < -0.3 is 10.6 Å². The molecule has 108 valence electrons. The third kappa shape index (κ3) is 2.52. The molecule has 4 heteroatoms. The SMILES string of the molecule is CC(C(=O)N1CCCCC1)N1Cc2ccc(N)cc2C1. The number of hydrogen-bond acceptors (Lipinski definition) is 3. The summed E-state index contributed by atoms with van der Waals surface area (Å²) >= 11 is 0. The highest BCUT2D eigenvalue weighted by Gasteiger charge is 2.30. The number of likely N-dealkylation sites (tertiary alicyclic amines) is 1. The second-order valence-electron chi connectivity index (χ2n) is 6.00. The molecule has 0 aliphatic carbocycles. The van der Waals surface area contributed by atoms with Gasteiger partial charge in [-0.3, -0.25) is 9.69 Å². The van der Waals surface area contributed by atoms with Gasteiger partial charge in [0.25, 0.3) is 0 Å². The summed E-state index contributed by atoms with van der Waals surface area (Å²) < 4.78 is 0. The van der Waals surface area contributed by atoms with Gasteiger partial charge >= 0.3 is 0 Å². The predicted molar refractivity (Wildman–Crippen MR) is 80.0 cm³/mol. The van der Waals surface area contributed by atoms with Gasteiger partial charge in [-0.15, -0.1) is 0 Å². The number of carbonyl (C=O) groups is 1. The van der Waals surface area contributed by atoms with E-state index in [1.807, 2.05) is 24.0 Å². The molecule has 1 aromatic carbocycles. The molecule has 1 atom stereocenters. The van der Waals surface area contributed by atoms with Crippen LogP contribution in [0.5, 0.6) is 0 Å². The summed E-state index contributed by atoms with van der Waals surface area (Å²) in [6.07, 6.45) is 3.55. The molecule has 4 nitrogen and oxygen atoms in total. The van der Waals surface area contributed by atoms with E-state index in [1.165, 1.54) is 17.5 Å². The van der Waals surface area contributed by atoms with Crippen LogP contribution in [0.4, 0.5) is 5.69 Å². The zero-order chi connectivity index (χ0) is 14.1. The standard InChI is InChI=1S/C16H23N3O/c1-12(16(20)18-7-3-2-4-8-18)19-10-13-5-6-15(17)9-14(13)11-19/h5-6,9,12H,2-4,7-8,10-11,17H2,1H3. The topological polar surface area (TPSA) is 49.6 Å². The quantitative estimate of drug-likeness (QED) is 0.838. The van der Waals surface area contributed by atoms with E-state index in [0.29, 0.717) is 0 Å². The first-order valence-electron chi connectivity index (χ1n) is 7.55. The number of piperidine rings is 1. The third-order valence-corrected chi connectivity index (χ3v) is 4.55. The van der Waals surface area contributed by atoms with E-state index in [0.717, 1.165) is 44.7 Å². The van der Waals surface area contributed by atoms with Gasteiger partial charge in [-0.1, -0.05) is 6.07 Å². The largest absolute Gasteiger partial charge is 0.399 e. The van der Waals surface area contributed by atoms with Gasteiger partial charge in [0.2, 0.25) is 5.91 Å². The van der Waals surface area contributed by atoms with E-state index in [-0.39, 0.29) is 11.9 Å². The van der Waals surface area contributed by atoms with Crippen molar-refractivity contribution in [2.75, 3.05) is 18.8 Å². The normalized spacial score (nSPS) is 20.8. The molecule has 1 aromatic rings. The van der Waals surface area contributed by atoms with E-state index in [4.69, 9.17) is 5.73 Å². The molecule has 2 N–H and O–H groups in total. The Morgan fingerprint density at radius 3 is 2.60 bits per heavy atom. The van der Waals surface area contributed by atoms with Gasteiger partial charge in [0.1, 0.15) is 0 Å². The summed E-state index contributed by atoms with van der Waals surface area (Å²) in [4.78, 5) is 16.8. The second kappa shape index (κ2) is 5.44. The van der Waals surface area contributed by atoms with E-state index >= 15 is 0 Å². The van der Waals surface area contributed by atoms with Crippen LogP contribution in [0.3, 0.4) is 0 Å². The summed E-state index contributed by atoms with van der Waals surface area (Å²) in [6, 6.07) is 6.03. The molecule has 3 rings (SSSR count). The summed E-state index contributed by atoms with van der Waals surface area (Å²) in [5, 5.41) is 0. The van der Waals surface area contributed by atoms with Crippen molar-refractivity contribution in [3.8, 4) is 0 Å². The highest BCUT2D eigenvalue weighted by molar-refractivity contribution is 5.81. The van der Waals surface area contributed by atoms with Gasteiger partial charge in [0.15, 0.2) is 0 Å². The lowest BCUT2D eigenvalue weighted by Gasteiger charge is -2.32. The second-order valence-corrected chi connectivity index (χ2v) is 6.00. The van der Waals surface area contributed by atoms with Crippen molar-refractivity contribution in [3.63, 3.8) is 0 Å². The molecule has 1 amide bonds. The van der Waals surface area contributed by atoms with Crippen molar-refractivity contribution < 1.29 is 4.79 Å². The lowest BCUT2D eigenvalue weighted by Crippen LogP contribution is -2.47. The van der Waals surface area contributed by atoms with Crippen molar-refractivity contribution in [1.29, 1.82) is 0 Å². The fraction of sp³-hybridized carbons (Fsp3) is 0.562. The van der Waals surface area contributed by atoms with E-state index in [1.54, 1.807) is 0 Å². The van der Waals surface area contributed by atoms with Crippen molar-refractivity contribution in [2.45, 2.75) is 45.3 Å². The number of anilines is 1. The number of hydrogen-bond donors (Lipinski definition) is 1. The van der Waals surface area contributed by atoms with Gasteiger partial charge in [-0.25, -0.2) is 0 Å². The van der Waals surface area contributed by atoms with E-state index in [2.05, 4.69) is 11.0 Å². The summed E-state index contributed by atoms with van der Waals surface area (Å²) in [5.74, 6) is 0.283. The molecule has 2 aliphatic rings. The lowest BCUT2D eigenvalue weighted by molar-refractivity contribution is -0.137. The Morgan fingerprint density at radius 2 is 1.85 bits per heavy atom. The van der Waals surface area contributed by atoms with Gasteiger partial charge in [0, 0.05) is 31.9 Å². The molecule has 0 bridgehead atoms. The Balaban J connectivity index is 1.67. The first-order chi connectivity index (χ1) is 9.65.